The molecule has 1 aliphatic rings. The van der Waals surface area contributed by atoms with Gasteiger partial charge < -0.3 is 30.1 Å². The summed E-state index contributed by atoms with van der Waals surface area (Å²) in [5.41, 5.74) is 1.52. The van der Waals surface area contributed by atoms with Crippen LogP contribution in [0.15, 0.2) is 60.9 Å². The van der Waals surface area contributed by atoms with Crippen molar-refractivity contribution in [3.8, 4) is 22.9 Å². The summed E-state index contributed by atoms with van der Waals surface area (Å²) in [7, 11) is 0. The van der Waals surface area contributed by atoms with E-state index < -0.39 is 30.2 Å². The number of fused-ring (bicyclic) bond motifs is 1. The van der Waals surface area contributed by atoms with E-state index in [9.17, 15) is 27.9 Å². The van der Waals surface area contributed by atoms with Crippen LogP contribution in [0, 0.1) is 6.92 Å². The summed E-state index contributed by atoms with van der Waals surface area (Å²) >= 11 is 0. The van der Waals surface area contributed by atoms with Crippen molar-refractivity contribution in [2.24, 2.45) is 0 Å². The number of benzene rings is 2. The normalized spacial score (nSPS) is 15.9. The van der Waals surface area contributed by atoms with E-state index in [1.807, 2.05) is 27.7 Å². The Bertz CT molecular complexity index is 1800. The molecule has 4 aromatic rings. The topological polar surface area (TPSA) is 139 Å². The quantitative estimate of drug-likeness (QED) is 0.184. The Labute approximate surface area is 275 Å². The van der Waals surface area contributed by atoms with Gasteiger partial charge in [-0.3, -0.25) is 4.79 Å². The van der Waals surface area contributed by atoms with Crippen molar-refractivity contribution in [1.29, 1.82) is 0 Å². The largest absolute Gasteiger partial charge is 0.444 e. The van der Waals surface area contributed by atoms with Crippen LogP contribution in [0.25, 0.3) is 22.0 Å². The maximum absolute atomic E-state index is 12.8. The Hall–Kier alpha value is -4.98. The minimum atomic E-state index is -4.91. The maximum Gasteiger partial charge on any atom is 0.414 e. The zero-order chi connectivity index (χ0) is 34.6. The molecule has 48 heavy (non-hydrogen) atoms. The lowest BCUT2D eigenvalue weighted by Crippen LogP contribution is -2.47. The maximum atomic E-state index is 12.8. The van der Waals surface area contributed by atoms with E-state index in [4.69, 9.17) is 14.5 Å². The summed E-state index contributed by atoms with van der Waals surface area (Å²) in [5, 5.41) is 16.2. The Morgan fingerprint density at radius 2 is 1.83 bits per heavy atom. The highest BCUT2D eigenvalue weighted by Gasteiger charge is 2.39. The third kappa shape index (κ3) is 8.48. The first kappa shape index (κ1) is 34.4. The molecular weight excluding hydrogens is 629 g/mol. The summed E-state index contributed by atoms with van der Waals surface area (Å²) in [6.07, 6.45) is -4.38. The van der Waals surface area contributed by atoms with Crippen LogP contribution in [-0.4, -0.2) is 74.0 Å². The number of aromatic nitrogens is 3. The Morgan fingerprint density at radius 1 is 1.04 bits per heavy atom. The van der Waals surface area contributed by atoms with Crippen LogP contribution in [0.5, 0.6) is 11.6 Å². The summed E-state index contributed by atoms with van der Waals surface area (Å²) in [4.78, 5) is 40.2. The van der Waals surface area contributed by atoms with E-state index in [0.717, 1.165) is 18.4 Å². The molecule has 3 heterocycles. The molecule has 0 aliphatic carbocycles. The zero-order valence-electron chi connectivity index (χ0n) is 27.0. The van der Waals surface area contributed by atoms with Crippen molar-refractivity contribution < 1.29 is 37.3 Å². The van der Waals surface area contributed by atoms with E-state index in [-0.39, 0.29) is 23.7 Å². The average molecular weight is 667 g/mol. The molecule has 1 aliphatic heterocycles. The number of hydrogen-bond donors (Lipinski definition) is 3. The Balaban J connectivity index is 1.37. The fraction of sp³-hybridized carbons (Fsp3) is 0.382. The van der Waals surface area contributed by atoms with Gasteiger partial charge in [0.05, 0.1) is 17.7 Å². The van der Waals surface area contributed by atoms with E-state index in [1.54, 1.807) is 65.8 Å². The van der Waals surface area contributed by atoms with E-state index >= 15 is 0 Å². The van der Waals surface area contributed by atoms with Crippen LogP contribution >= 0.6 is 0 Å². The van der Waals surface area contributed by atoms with Crippen LogP contribution in [0.3, 0.4) is 0 Å². The van der Waals surface area contributed by atoms with Crippen LogP contribution in [0.1, 0.15) is 45.6 Å². The number of hydrogen-bond acceptors (Lipinski definition) is 9. The molecular formula is C34H37F3N6O5. The molecule has 5 rings (SSSR count). The van der Waals surface area contributed by atoms with Gasteiger partial charge in [-0.1, -0.05) is 24.3 Å². The molecule has 1 unspecified atom stereocenters. The van der Waals surface area contributed by atoms with Gasteiger partial charge in [0.15, 0.2) is 6.10 Å². The number of carbonyl (C=O) groups excluding carboxylic acids is 2. The predicted molar refractivity (Wildman–Crippen MR) is 174 cm³/mol. The van der Waals surface area contributed by atoms with Crippen LogP contribution in [-0.2, 0) is 9.53 Å². The summed E-state index contributed by atoms with van der Waals surface area (Å²) in [6, 6.07) is 13.6. The van der Waals surface area contributed by atoms with Crippen LogP contribution < -0.4 is 15.4 Å². The van der Waals surface area contributed by atoms with Crippen molar-refractivity contribution in [1.82, 2.24) is 19.9 Å². The van der Waals surface area contributed by atoms with Gasteiger partial charge in [-0.05, 0) is 70.4 Å². The number of aliphatic hydroxyl groups is 1. The van der Waals surface area contributed by atoms with Gasteiger partial charge in [0.1, 0.15) is 11.4 Å². The molecule has 0 saturated carbocycles. The highest BCUT2D eigenvalue weighted by atomic mass is 19.4. The molecule has 3 N–H and O–H groups in total. The van der Waals surface area contributed by atoms with Gasteiger partial charge in [-0.15, -0.1) is 0 Å². The van der Waals surface area contributed by atoms with Crippen molar-refractivity contribution in [2.45, 2.75) is 70.9 Å². The molecule has 0 bridgehead atoms. The SMILES string of the molecule is Cc1ccc2c(NC(=O)CC(O)C(F)(F)F)cccc2c1Oc1ncccc1-c1ccnc(N[C@H]2CCCN(C(=O)OC(C)(C)C)C2)n1. The third-order valence-electron chi connectivity index (χ3n) is 7.55. The van der Waals surface area contributed by atoms with Crippen molar-refractivity contribution in [3.05, 3.63) is 66.5 Å². The number of piperidine rings is 1. The number of rotatable bonds is 8. The number of alkyl halides is 3. The summed E-state index contributed by atoms with van der Waals surface area (Å²) < 4.78 is 50.3. The number of nitrogens with zero attached hydrogens (tertiary/aromatic N) is 4. The van der Waals surface area contributed by atoms with Gasteiger partial charge in [0.2, 0.25) is 17.7 Å². The van der Waals surface area contributed by atoms with Gasteiger partial charge in [-0.25, -0.2) is 19.7 Å². The third-order valence-corrected chi connectivity index (χ3v) is 7.55. The molecule has 2 aromatic carbocycles. The van der Waals surface area contributed by atoms with E-state index in [0.29, 0.717) is 46.8 Å². The number of nitrogens with one attached hydrogen (secondary N) is 2. The van der Waals surface area contributed by atoms with Gasteiger partial charge in [-0.2, -0.15) is 13.2 Å². The first-order valence-corrected chi connectivity index (χ1v) is 15.5. The number of anilines is 2. The van der Waals surface area contributed by atoms with E-state index in [1.165, 1.54) is 0 Å². The lowest BCUT2D eigenvalue weighted by Gasteiger charge is -2.34. The number of amides is 2. The molecule has 2 atom stereocenters. The number of likely N-dealkylation sites (tertiary alicyclic amines) is 1. The molecule has 2 amide bonds. The van der Waals surface area contributed by atoms with Gasteiger partial charge in [0.25, 0.3) is 0 Å². The zero-order valence-corrected chi connectivity index (χ0v) is 27.0. The smallest absolute Gasteiger partial charge is 0.414 e. The number of ether oxygens (including phenoxy) is 2. The molecule has 1 saturated heterocycles. The number of aliphatic hydroxyl groups excluding tert-OH is 1. The van der Waals surface area contributed by atoms with Gasteiger partial charge >= 0.3 is 12.3 Å². The molecule has 14 heteroatoms. The lowest BCUT2D eigenvalue weighted by molar-refractivity contribution is -0.205. The molecule has 1 fully saturated rings. The molecule has 11 nitrogen and oxygen atoms in total. The van der Waals surface area contributed by atoms with Crippen LogP contribution in [0.4, 0.5) is 29.6 Å². The number of halogens is 3. The lowest BCUT2D eigenvalue weighted by atomic mass is 10.0. The highest BCUT2D eigenvalue weighted by Crippen LogP contribution is 2.39. The average Bonchev–Trinajstić information content (AvgIpc) is 3.02. The second-order valence-corrected chi connectivity index (χ2v) is 12.6. The van der Waals surface area contributed by atoms with Gasteiger partial charge in [0, 0.05) is 48.0 Å². The number of pyridine rings is 1. The van der Waals surface area contributed by atoms with Crippen LogP contribution in [0.2, 0.25) is 0 Å². The first-order chi connectivity index (χ1) is 22.7. The summed E-state index contributed by atoms with van der Waals surface area (Å²) in [6.45, 7) is 8.37. The fourth-order valence-corrected chi connectivity index (χ4v) is 5.29. The first-order valence-electron chi connectivity index (χ1n) is 15.5. The summed E-state index contributed by atoms with van der Waals surface area (Å²) in [5.74, 6) is 0.0574. The molecule has 2 aromatic heterocycles. The van der Waals surface area contributed by atoms with Crippen molar-refractivity contribution >= 4 is 34.4 Å². The molecule has 254 valence electrons. The Morgan fingerprint density at radius 3 is 2.58 bits per heavy atom. The highest BCUT2D eigenvalue weighted by molar-refractivity contribution is 6.04. The fourth-order valence-electron chi connectivity index (χ4n) is 5.29. The van der Waals surface area contributed by atoms with Crippen molar-refractivity contribution in [3.63, 3.8) is 0 Å². The molecule has 0 spiro atoms. The monoisotopic (exact) mass is 666 g/mol. The number of carbonyl (C=O) groups is 2. The van der Waals surface area contributed by atoms with Crippen molar-refractivity contribution in [2.75, 3.05) is 23.7 Å². The van der Waals surface area contributed by atoms with E-state index in [2.05, 4.69) is 20.6 Å². The minimum Gasteiger partial charge on any atom is -0.444 e. The predicted octanol–water partition coefficient (Wildman–Crippen LogP) is 6.86. The Kier molecular flexibility index (Phi) is 10.0. The standard InChI is InChI=1S/C34H37F3N6O5/c1-20-12-13-22-23(9-5-11-25(22)41-28(45)18-27(44)34(35,36)37)29(20)47-30-24(10-6-15-38-30)26-14-16-39-31(42-26)40-21-8-7-17-43(19-21)32(46)48-33(2,3)4/h5-6,9-16,21,27,44H,7-8,17-19H2,1-4H3,(H,41,45)(H,39,40,42)/t21-,27?/m0/s1. The second kappa shape index (κ2) is 14.0. The molecule has 0 radical (unpaired) electrons. The second-order valence-electron chi connectivity index (χ2n) is 12.6. The minimum absolute atomic E-state index is 0.0871. The number of aryl methyl sites for hydroxylation is 1.